The molecule has 1 heterocycles. The Morgan fingerprint density at radius 2 is 2.15 bits per heavy atom. The first-order valence-electron chi connectivity index (χ1n) is 3.70. The standard InChI is InChI=1S/C7H9F3N2S/c1-3-5-11-6(4-12(5)2)13-7(8,9)10/h4H,3H2,1-2H3. The lowest BCUT2D eigenvalue weighted by Crippen LogP contribution is -1.98. The maximum absolute atomic E-state index is 11.9. The fraction of sp³-hybridized carbons (Fsp3) is 0.571. The van der Waals surface area contributed by atoms with Crippen LogP contribution in [0.5, 0.6) is 0 Å². The minimum absolute atomic E-state index is 0.00634. The van der Waals surface area contributed by atoms with E-state index in [-0.39, 0.29) is 16.8 Å². The highest BCUT2D eigenvalue weighted by Gasteiger charge is 2.30. The van der Waals surface area contributed by atoms with Gasteiger partial charge < -0.3 is 4.57 Å². The van der Waals surface area contributed by atoms with Gasteiger partial charge in [-0.3, -0.25) is 0 Å². The zero-order chi connectivity index (χ0) is 10.1. The molecule has 0 aliphatic carbocycles. The van der Waals surface area contributed by atoms with Crippen LogP contribution in [0, 0.1) is 0 Å². The van der Waals surface area contributed by atoms with Crippen LogP contribution in [0.25, 0.3) is 0 Å². The van der Waals surface area contributed by atoms with Crippen molar-refractivity contribution in [3.05, 3.63) is 12.0 Å². The monoisotopic (exact) mass is 210 g/mol. The molecular weight excluding hydrogens is 201 g/mol. The summed E-state index contributed by atoms with van der Waals surface area (Å²) in [4.78, 5) is 3.82. The van der Waals surface area contributed by atoms with E-state index in [1.807, 2.05) is 6.92 Å². The minimum Gasteiger partial charge on any atom is -0.337 e. The highest BCUT2D eigenvalue weighted by molar-refractivity contribution is 8.00. The van der Waals surface area contributed by atoms with Crippen LogP contribution in [0.2, 0.25) is 0 Å². The normalized spacial score (nSPS) is 12.1. The molecule has 2 nitrogen and oxygen atoms in total. The van der Waals surface area contributed by atoms with Gasteiger partial charge in [-0.2, -0.15) is 13.2 Å². The number of halogens is 3. The number of imidazole rings is 1. The van der Waals surface area contributed by atoms with Crippen molar-refractivity contribution in [2.75, 3.05) is 0 Å². The number of thioether (sulfide) groups is 1. The number of nitrogens with zero attached hydrogens (tertiary/aromatic N) is 2. The molecule has 0 aromatic carbocycles. The smallest absolute Gasteiger partial charge is 0.337 e. The van der Waals surface area contributed by atoms with Crippen LogP contribution < -0.4 is 0 Å². The number of aryl methyl sites for hydroxylation is 2. The average Bonchev–Trinajstić information content (AvgIpc) is 2.26. The maximum atomic E-state index is 11.9. The van der Waals surface area contributed by atoms with E-state index in [2.05, 4.69) is 4.98 Å². The van der Waals surface area contributed by atoms with Crippen molar-refractivity contribution in [1.29, 1.82) is 0 Å². The summed E-state index contributed by atoms with van der Waals surface area (Å²) in [5.41, 5.74) is -4.25. The quantitative estimate of drug-likeness (QED) is 0.698. The predicted molar refractivity (Wildman–Crippen MR) is 44.5 cm³/mol. The molecule has 1 aromatic rings. The lowest BCUT2D eigenvalue weighted by Gasteiger charge is -2.00. The first-order chi connectivity index (χ1) is 5.92. The van der Waals surface area contributed by atoms with E-state index >= 15 is 0 Å². The molecule has 0 amide bonds. The van der Waals surface area contributed by atoms with Crippen molar-refractivity contribution >= 4 is 11.8 Å². The Hall–Kier alpha value is -0.650. The predicted octanol–water partition coefficient (Wildman–Crippen LogP) is 2.59. The highest BCUT2D eigenvalue weighted by Crippen LogP contribution is 2.35. The topological polar surface area (TPSA) is 17.8 Å². The van der Waals surface area contributed by atoms with E-state index in [1.54, 1.807) is 11.6 Å². The van der Waals surface area contributed by atoms with Crippen LogP contribution in [0.15, 0.2) is 11.2 Å². The van der Waals surface area contributed by atoms with Gasteiger partial charge in [-0.15, -0.1) is 0 Å². The fourth-order valence-electron chi connectivity index (χ4n) is 0.971. The zero-order valence-corrected chi connectivity index (χ0v) is 8.04. The summed E-state index contributed by atoms with van der Waals surface area (Å²) < 4.78 is 37.3. The number of alkyl halides is 3. The molecule has 6 heteroatoms. The molecule has 0 spiro atoms. The Labute approximate surface area is 78.1 Å². The van der Waals surface area contributed by atoms with E-state index in [0.29, 0.717) is 12.2 Å². The van der Waals surface area contributed by atoms with Crippen molar-refractivity contribution in [3.63, 3.8) is 0 Å². The van der Waals surface area contributed by atoms with Gasteiger partial charge in [-0.05, 0) is 0 Å². The summed E-state index contributed by atoms with van der Waals surface area (Å²) in [5, 5.41) is 0.00634. The first kappa shape index (κ1) is 10.4. The van der Waals surface area contributed by atoms with Gasteiger partial charge in [0, 0.05) is 31.4 Å². The summed E-state index contributed by atoms with van der Waals surface area (Å²) in [5.74, 6) is 0.659. The van der Waals surface area contributed by atoms with Gasteiger partial charge in [0.2, 0.25) is 0 Å². The Morgan fingerprint density at radius 3 is 2.54 bits per heavy atom. The molecule has 0 bridgehead atoms. The maximum Gasteiger partial charge on any atom is 0.447 e. The number of hydrogen-bond donors (Lipinski definition) is 0. The summed E-state index contributed by atoms with van der Waals surface area (Å²) >= 11 is -0.181. The third kappa shape index (κ3) is 2.95. The number of aromatic nitrogens is 2. The van der Waals surface area contributed by atoms with Gasteiger partial charge in [0.1, 0.15) is 10.9 Å². The molecule has 0 N–H and O–H groups in total. The van der Waals surface area contributed by atoms with Crippen LogP contribution in [0.3, 0.4) is 0 Å². The summed E-state index contributed by atoms with van der Waals surface area (Å²) in [6, 6.07) is 0. The van der Waals surface area contributed by atoms with Crippen LogP contribution in [0.1, 0.15) is 12.7 Å². The molecule has 74 valence electrons. The molecular formula is C7H9F3N2S. The molecule has 1 rings (SSSR count). The van der Waals surface area contributed by atoms with Crippen molar-refractivity contribution in [3.8, 4) is 0 Å². The largest absolute Gasteiger partial charge is 0.447 e. The first-order valence-corrected chi connectivity index (χ1v) is 4.52. The van der Waals surface area contributed by atoms with Gasteiger partial charge in [-0.1, -0.05) is 6.92 Å². The van der Waals surface area contributed by atoms with Crippen molar-refractivity contribution in [2.24, 2.45) is 7.05 Å². The summed E-state index contributed by atoms with van der Waals surface area (Å²) in [6.07, 6.45) is 2.02. The zero-order valence-electron chi connectivity index (χ0n) is 7.22. The van der Waals surface area contributed by atoms with Crippen LogP contribution in [-0.2, 0) is 13.5 Å². The number of rotatable bonds is 2. The van der Waals surface area contributed by atoms with Crippen molar-refractivity contribution < 1.29 is 13.2 Å². The summed E-state index contributed by atoms with van der Waals surface area (Å²) in [6.45, 7) is 1.85. The lowest BCUT2D eigenvalue weighted by molar-refractivity contribution is -0.0329. The SMILES string of the molecule is CCc1nc(SC(F)(F)F)cn1C. The minimum atomic E-state index is -4.25. The molecule has 13 heavy (non-hydrogen) atoms. The molecule has 0 aliphatic heterocycles. The molecule has 0 fully saturated rings. The average molecular weight is 210 g/mol. The number of hydrogen-bond acceptors (Lipinski definition) is 2. The van der Waals surface area contributed by atoms with Crippen molar-refractivity contribution in [2.45, 2.75) is 23.9 Å². The third-order valence-electron chi connectivity index (χ3n) is 1.49. The molecule has 0 saturated carbocycles. The van der Waals surface area contributed by atoms with Crippen LogP contribution >= 0.6 is 11.8 Å². The van der Waals surface area contributed by atoms with E-state index in [0.717, 1.165) is 0 Å². The fourth-order valence-corrected chi connectivity index (χ4v) is 1.57. The Kier molecular flexibility index (Phi) is 2.90. The molecule has 1 aromatic heterocycles. The van der Waals surface area contributed by atoms with Crippen LogP contribution in [0.4, 0.5) is 13.2 Å². The lowest BCUT2D eigenvalue weighted by atomic mass is 10.5. The van der Waals surface area contributed by atoms with Gasteiger partial charge >= 0.3 is 5.51 Å². The molecule has 0 aliphatic rings. The van der Waals surface area contributed by atoms with Crippen LogP contribution in [-0.4, -0.2) is 15.1 Å². The third-order valence-corrected chi connectivity index (χ3v) is 2.12. The molecule has 0 unspecified atom stereocenters. The van der Waals surface area contributed by atoms with E-state index < -0.39 is 5.51 Å². The molecule has 0 saturated heterocycles. The van der Waals surface area contributed by atoms with E-state index in [1.165, 1.54) is 6.20 Å². The van der Waals surface area contributed by atoms with E-state index in [4.69, 9.17) is 0 Å². The van der Waals surface area contributed by atoms with Gasteiger partial charge in [0.05, 0.1) is 0 Å². The second-order valence-electron chi connectivity index (χ2n) is 2.51. The second kappa shape index (κ2) is 3.61. The Morgan fingerprint density at radius 1 is 1.54 bits per heavy atom. The van der Waals surface area contributed by atoms with Gasteiger partial charge in [-0.25, -0.2) is 4.98 Å². The Balaban J connectivity index is 2.80. The van der Waals surface area contributed by atoms with Gasteiger partial charge in [0.25, 0.3) is 0 Å². The van der Waals surface area contributed by atoms with E-state index in [9.17, 15) is 13.2 Å². The Bertz CT molecular complexity index is 292. The highest BCUT2D eigenvalue weighted by atomic mass is 32.2. The van der Waals surface area contributed by atoms with Crippen molar-refractivity contribution in [1.82, 2.24) is 9.55 Å². The van der Waals surface area contributed by atoms with Gasteiger partial charge in [0.15, 0.2) is 0 Å². The molecule has 0 radical (unpaired) electrons. The molecule has 0 atom stereocenters. The summed E-state index contributed by atoms with van der Waals surface area (Å²) in [7, 11) is 1.69. The second-order valence-corrected chi connectivity index (χ2v) is 3.59.